The number of aromatic nitrogens is 1. The van der Waals surface area contributed by atoms with Crippen LogP contribution in [0.2, 0.25) is 0 Å². The average Bonchev–Trinajstić information content (AvgIpc) is 2.91. The summed E-state index contributed by atoms with van der Waals surface area (Å²) in [5, 5.41) is 21.3. The summed E-state index contributed by atoms with van der Waals surface area (Å²) in [5.74, 6) is -1.31. The number of ether oxygens (including phenoxy) is 1. The number of anilines is 1. The molecule has 1 saturated heterocycles. The van der Waals surface area contributed by atoms with E-state index in [1.54, 1.807) is 12.1 Å². The van der Waals surface area contributed by atoms with Crippen LogP contribution in [-0.4, -0.2) is 39.9 Å². The van der Waals surface area contributed by atoms with Crippen molar-refractivity contribution in [2.45, 2.75) is 92.0 Å². The van der Waals surface area contributed by atoms with E-state index in [2.05, 4.69) is 18.7 Å². The monoisotopic (exact) mass is 576 g/mol. The first kappa shape index (κ1) is 31.6. The van der Waals surface area contributed by atoms with Crippen molar-refractivity contribution in [1.82, 2.24) is 4.98 Å². The average molecular weight is 577 g/mol. The Balaban J connectivity index is 1.74. The molecule has 0 radical (unpaired) electrons. The zero-order valence-electron chi connectivity index (χ0n) is 26.0. The summed E-state index contributed by atoms with van der Waals surface area (Å²) in [6, 6.07) is 14.2. The van der Waals surface area contributed by atoms with Gasteiger partial charge in [0.1, 0.15) is 5.82 Å². The predicted molar refractivity (Wildman–Crippen MR) is 165 cm³/mol. The molecule has 7 heteroatoms. The summed E-state index contributed by atoms with van der Waals surface area (Å²) in [7, 11) is 0. The molecule has 0 bridgehead atoms. The number of nitrogens with zero attached hydrogens (tertiary/aromatic N) is 2. The number of aryl methyl sites for hydroxylation is 3. The summed E-state index contributed by atoms with van der Waals surface area (Å²) in [4.78, 5) is 19.8. The molecule has 1 aliphatic heterocycles. The van der Waals surface area contributed by atoms with E-state index in [9.17, 15) is 19.4 Å². The summed E-state index contributed by atoms with van der Waals surface area (Å²) < 4.78 is 19.4. The Hall–Kier alpha value is -3.29. The predicted octanol–water partition coefficient (Wildman–Crippen LogP) is 7.74. The molecular formula is C35H45FN2O4. The number of halogens is 1. The number of benzene rings is 2. The number of hydrogen-bond donors (Lipinski definition) is 2. The number of pyridine rings is 1. The van der Waals surface area contributed by atoms with Gasteiger partial charge in [-0.25, -0.2) is 9.18 Å². The largest absolute Gasteiger partial charge is 0.479 e. The number of carboxylic acid groups (broad SMARTS) is 1. The highest BCUT2D eigenvalue weighted by atomic mass is 19.1. The van der Waals surface area contributed by atoms with Gasteiger partial charge in [0.2, 0.25) is 0 Å². The molecule has 2 atom stereocenters. The van der Waals surface area contributed by atoms with Gasteiger partial charge in [0.25, 0.3) is 0 Å². The van der Waals surface area contributed by atoms with Gasteiger partial charge < -0.3 is 19.8 Å². The number of aliphatic carboxylic acids is 1. The van der Waals surface area contributed by atoms with Crippen LogP contribution in [0.1, 0.15) is 94.2 Å². The Morgan fingerprint density at radius 3 is 2.17 bits per heavy atom. The molecule has 1 fully saturated rings. The maximum atomic E-state index is 13.2. The van der Waals surface area contributed by atoms with Gasteiger partial charge in [0.05, 0.1) is 17.4 Å². The first-order chi connectivity index (χ1) is 19.6. The molecule has 4 rings (SSSR count). The first-order valence-electron chi connectivity index (χ1n) is 14.8. The zero-order valence-corrected chi connectivity index (χ0v) is 26.0. The SMILES string of the molecule is Cc1nc(C)c(C(OC(C)(C)C)C(=O)O)c(N2CCC(C)(C)CC2)c1-c1ccc(C(O)CCc2ccc(F)cc2)cc1. The molecule has 0 saturated carbocycles. The van der Waals surface area contributed by atoms with Crippen molar-refractivity contribution in [3.63, 3.8) is 0 Å². The van der Waals surface area contributed by atoms with E-state index in [1.165, 1.54) is 12.1 Å². The lowest BCUT2D eigenvalue weighted by atomic mass is 9.81. The fourth-order valence-corrected chi connectivity index (χ4v) is 5.75. The van der Waals surface area contributed by atoms with Gasteiger partial charge in [0.15, 0.2) is 6.10 Å². The third-order valence-corrected chi connectivity index (χ3v) is 8.17. The Labute approximate surface area is 249 Å². The molecule has 0 spiro atoms. The fraction of sp³-hybridized carbons (Fsp3) is 0.486. The molecule has 2 aromatic carbocycles. The maximum absolute atomic E-state index is 13.2. The molecule has 6 nitrogen and oxygen atoms in total. The molecule has 1 aliphatic rings. The van der Waals surface area contributed by atoms with E-state index in [1.807, 2.05) is 58.9 Å². The van der Waals surface area contributed by atoms with Crippen LogP contribution in [0.4, 0.5) is 10.1 Å². The van der Waals surface area contributed by atoms with Crippen LogP contribution in [0.5, 0.6) is 0 Å². The molecule has 42 heavy (non-hydrogen) atoms. The van der Waals surface area contributed by atoms with Crippen LogP contribution < -0.4 is 4.90 Å². The third-order valence-electron chi connectivity index (χ3n) is 8.17. The van der Waals surface area contributed by atoms with E-state index in [0.29, 0.717) is 24.1 Å². The molecule has 1 aromatic heterocycles. The van der Waals surface area contributed by atoms with Crippen LogP contribution in [0.15, 0.2) is 48.5 Å². The van der Waals surface area contributed by atoms with Crippen molar-refractivity contribution in [3.05, 3.63) is 82.4 Å². The lowest BCUT2D eigenvalue weighted by molar-refractivity contribution is -0.160. The molecular weight excluding hydrogens is 531 g/mol. The van der Waals surface area contributed by atoms with Crippen molar-refractivity contribution >= 4 is 11.7 Å². The van der Waals surface area contributed by atoms with Crippen LogP contribution in [0.3, 0.4) is 0 Å². The minimum Gasteiger partial charge on any atom is -0.479 e. The lowest BCUT2D eigenvalue weighted by Gasteiger charge is -2.41. The molecule has 2 N–H and O–H groups in total. The third kappa shape index (κ3) is 7.56. The van der Waals surface area contributed by atoms with Gasteiger partial charge in [-0.15, -0.1) is 0 Å². The number of aliphatic hydroxyl groups excluding tert-OH is 1. The first-order valence-corrected chi connectivity index (χ1v) is 14.8. The fourth-order valence-electron chi connectivity index (χ4n) is 5.75. The van der Waals surface area contributed by atoms with E-state index in [4.69, 9.17) is 9.72 Å². The second-order valence-corrected chi connectivity index (χ2v) is 13.3. The molecule has 2 unspecified atom stereocenters. The Morgan fingerprint density at radius 1 is 1.02 bits per heavy atom. The summed E-state index contributed by atoms with van der Waals surface area (Å²) in [5.41, 5.74) is 6.06. The standard InChI is InChI=1S/C35H45FN2O4/c1-22-29(26-13-11-25(12-14-26)28(39)17-10-24-8-15-27(36)16-9-24)31(38-20-18-35(6,7)19-21-38)30(23(2)37-22)32(33(40)41)42-34(3,4)5/h8-9,11-16,28,32,39H,10,17-21H2,1-7H3,(H,40,41). The Morgan fingerprint density at radius 2 is 1.62 bits per heavy atom. The number of piperidine rings is 1. The van der Waals surface area contributed by atoms with Crippen molar-refractivity contribution in [3.8, 4) is 11.1 Å². The summed E-state index contributed by atoms with van der Waals surface area (Å²) in [6.07, 6.45) is 1.28. The van der Waals surface area contributed by atoms with Gasteiger partial charge in [-0.1, -0.05) is 50.2 Å². The van der Waals surface area contributed by atoms with E-state index in [-0.39, 0.29) is 11.2 Å². The van der Waals surface area contributed by atoms with Gasteiger partial charge in [-0.05, 0) is 94.5 Å². The van der Waals surface area contributed by atoms with Gasteiger partial charge in [0, 0.05) is 35.6 Å². The topological polar surface area (TPSA) is 82.9 Å². The summed E-state index contributed by atoms with van der Waals surface area (Å²) in [6.45, 7) is 15.6. The Kier molecular flexibility index (Phi) is 9.43. The van der Waals surface area contributed by atoms with Crippen LogP contribution in [0.25, 0.3) is 11.1 Å². The number of carboxylic acids is 1. The molecule has 3 aromatic rings. The molecule has 0 aliphatic carbocycles. The van der Waals surface area contributed by atoms with Crippen LogP contribution >= 0.6 is 0 Å². The van der Waals surface area contributed by atoms with Crippen molar-refractivity contribution < 1.29 is 24.1 Å². The normalized spacial score (nSPS) is 16.7. The maximum Gasteiger partial charge on any atom is 0.337 e. The van der Waals surface area contributed by atoms with Gasteiger partial charge in [-0.2, -0.15) is 0 Å². The second-order valence-electron chi connectivity index (χ2n) is 13.3. The van der Waals surface area contributed by atoms with Crippen LogP contribution in [0, 0.1) is 25.1 Å². The van der Waals surface area contributed by atoms with E-state index >= 15 is 0 Å². The van der Waals surface area contributed by atoms with Crippen molar-refractivity contribution in [2.75, 3.05) is 18.0 Å². The molecule has 2 heterocycles. The zero-order chi connectivity index (χ0) is 30.8. The van der Waals surface area contributed by atoms with Crippen molar-refractivity contribution in [1.29, 1.82) is 0 Å². The van der Waals surface area contributed by atoms with Gasteiger partial charge >= 0.3 is 5.97 Å². The smallest absolute Gasteiger partial charge is 0.337 e. The minimum atomic E-state index is -1.17. The van der Waals surface area contributed by atoms with Gasteiger partial charge in [-0.3, -0.25) is 4.98 Å². The number of carbonyl (C=O) groups is 1. The number of rotatable bonds is 9. The van der Waals surface area contributed by atoms with E-state index < -0.39 is 23.8 Å². The van der Waals surface area contributed by atoms with Crippen molar-refractivity contribution in [2.24, 2.45) is 5.41 Å². The van der Waals surface area contributed by atoms with E-state index in [0.717, 1.165) is 59.6 Å². The quantitative estimate of drug-likeness (QED) is 0.271. The highest BCUT2D eigenvalue weighted by Gasteiger charge is 2.36. The lowest BCUT2D eigenvalue weighted by Crippen LogP contribution is -2.39. The molecule has 226 valence electrons. The minimum absolute atomic E-state index is 0.216. The second kappa shape index (κ2) is 12.5. The Bertz CT molecular complexity index is 1380. The highest BCUT2D eigenvalue weighted by Crippen LogP contribution is 2.45. The number of hydrogen-bond acceptors (Lipinski definition) is 5. The number of aliphatic hydroxyl groups is 1. The van der Waals surface area contributed by atoms with Crippen LogP contribution in [-0.2, 0) is 16.0 Å². The molecule has 0 amide bonds. The summed E-state index contributed by atoms with van der Waals surface area (Å²) >= 11 is 0. The highest BCUT2D eigenvalue weighted by molar-refractivity contribution is 5.88.